The fourth-order valence-electron chi connectivity index (χ4n) is 3.08. The third-order valence-corrected chi connectivity index (χ3v) is 4.50. The first-order valence-corrected chi connectivity index (χ1v) is 10.4. The molecule has 1 aromatic rings. The minimum Gasteiger partial charge on any atom is -0.508 e. The second-order valence-electron chi connectivity index (χ2n) is 8.49. The molecule has 0 fully saturated rings. The highest BCUT2D eigenvalue weighted by molar-refractivity contribution is 5.92. The highest BCUT2D eigenvalue weighted by Gasteiger charge is 2.35. The Hall–Kier alpha value is -2.81. The monoisotopic (exact) mass is 437 g/mol. The van der Waals surface area contributed by atoms with Crippen molar-refractivity contribution in [1.29, 1.82) is 0 Å². The Balaban J connectivity index is 3.16. The number of alkyl carbamates (subject to hydrolysis) is 1. The number of phenols is 1. The van der Waals surface area contributed by atoms with E-state index >= 15 is 0 Å². The Morgan fingerprint density at radius 1 is 1.16 bits per heavy atom. The molecule has 3 amide bonds. The Bertz CT molecular complexity index is 762. The average molecular weight is 438 g/mol. The molecule has 0 bridgehead atoms. The lowest BCUT2D eigenvalue weighted by molar-refractivity contribution is -0.141. The number of benzene rings is 1. The second-order valence-corrected chi connectivity index (χ2v) is 8.49. The number of para-hydroxylation sites is 1. The van der Waals surface area contributed by atoms with Crippen LogP contribution in [0.15, 0.2) is 24.3 Å². The van der Waals surface area contributed by atoms with Crippen molar-refractivity contribution in [3.63, 3.8) is 0 Å². The number of likely N-dealkylation sites (N-methyl/N-ethyl adjacent to an activating group) is 1. The van der Waals surface area contributed by atoms with Gasteiger partial charge in [-0.05, 0) is 40.2 Å². The molecule has 0 aliphatic heterocycles. The number of carbonyl (C=O) groups excluding carboxylic acids is 3. The van der Waals surface area contributed by atoms with E-state index in [0.717, 1.165) is 17.7 Å². The topological polar surface area (TPSA) is 128 Å². The van der Waals surface area contributed by atoms with Gasteiger partial charge in [0, 0.05) is 18.7 Å². The van der Waals surface area contributed by atoms with Crippen molar-refractivity contribution in [1.82, 2.24) is 15.5 Å². The number of rotatable bonds is 9. The SMILES string of the molecule is CCCC(C)NC(=O)C(c1ccccc1O)N(C)C(=O)C(CO)NC(=O)OC(C)(C)C. The maximum Gasteiger partial charge on any atom is 0.408 e. The summed E-state index contributed by atoms with van der Waals surface area (Å²) in [4.78, 5) is 39.3. The van der Waals surface area contributed by atoms with Crippen LogP contribution in [0.4, 0.5) is 4.79 Å². The Morgan fingerprint density at radius 2 is 1.77 bits per heavy atom. The molecule has 31 heavy (non-hydrogen) atoms. The standard InChI is InChI=1S/C22H35N3O6/c1-7-10-14(2)23-19(28)18(15-11-8-9-12-17(15)27)25(6)20(29)16(13-26)24-21(30)31-22(3,4)5/h8-9,11-12,14,16,18,26-27H,7,10,13H2,1-6H3,(H,23,28)(H,24,30). The van der Waals surface area contributed by atoms with E-state index in [2.05, 4.69) is 10.6 Å². The molecule has 0 spiro atoms. The summed E-state index contributed by atoms with van der Waals surface area (Å²) in [6, 6.07) is 3.59. The Kier molecular flexibility index (Phi) is 9.77. The minimum absolute atomic E-state index is 0.136. The summed E-state index contributed by atoms with van der Waals surface area (Å²) in [6.45, 7) is 8.17. The quantitative estimate of drug-likeness (QED) is 0.468. The summed E-state index contributed by atoms with van der Waals surface area (Å²) in [5.74, 6) is -1.33. The Labute approximate surface area is 183 Å². The number of nitrogens with zero attached hydrogens (tertiary/aromatic N) is 1. The molecule has 1 aromatic carbocycles. The number of hydrogen-bond acceptors (Lipinski definition) is 6. The van der Waals surface area contributed by atoms with E-state index in [9.17, 15) is 24.6 Å². The van der Waals surface area contributed by atoms with Gasteiger partial charge in [0.2, 0.25) is 11.8 Å². The van der Waals surface area contributed by atoms with Crippen LogP contribution in [0.5, 0.6) is 5.75 Å². The number of ether oxygens (including phenoxy) is 1. The van der Waals surface area contributed by atoms with Crippen molar-refractivity contribution in [3.8, 4) is 5.75 Å². The highest BCUT2D eigenvalue weighted by atomic mass is 16.6. The lowest BCUT2D eigenvalue weighted by Gasteiger charge is -2.32. The van der Waals surface area contributed by atoms with Crippen LogP contribution in [0, 0.1) is 0 Å². The lowest BCUT2D eigenvalue weighted by Crippen LogP contribution is -2.53. The number of aliphatic hydroxyl groups is 1. The third kappa shape index (κ3) is 8.09. The predicted molar refractivity (Wildman–Crippen MR) is 116 cm³/mol. The van der Waals surface area contributed by atoms with Crippen LogP contribution in [0.1, 0.15) is 59.1 Å². The van der Waals surface area contributed by atoms with Crippen LogP contribution in [0.25, 0.3) is 0 Å². The number of aliphatic hydroxyl groups excluding tert-OH is 1. The van der Waals surface area contributed by atoms with E-state index in [1.807, 2.05) is 13.8 Å². The van der Waals surface area contributed by atoms with E-state index < -0.39 is 42.2 Å². The van der Waals surface area contributed by atoms with Gasteiger partial charge in [-0.15, -0.1) is 0 Å². The number of aromatic hydroxyl groups is 1. The molecule has 9 heteroatoms. The van der Waals surface area contributed by atoms with Gasteiger partial charge in [0.05, 0.1) is 6.61 Å². The highest BCUT2D eigenvalue weighted by Crippen LogP contribution is 2.28. The fraction of sp³-hybridized carbons (Fsp3) is 0.591. The van der Waals surface area contributed by atoms with Crippen molar-refractivity contribution in [2.75, 3.05) is 13.7 Å². The first-order valence-electron chi connectivity index (χ1n) is 10.4. The van der Waals surface area contributed by atoms with E-state index in [1.165, 1.54) is 13.1 Å². The maximum absolute atomic E-state index is 13.1. The zero-order valence-electron chi connectivity index (χ0n) is 19.1. The van der Waals surface area contributed by atoms with E-state index in [-0.39, 0.29) is 17.4 Å². The molecule has 0 heterocycles. The minimum atomic E-state index is -1.32. The fourth-order valence-corrected chi connectivity index (χ4v) is 3.08. The van der Waals surface area contributed by atoms with E-state index in [0.29, 0.717) is 0 Å². The average Bonchev–Trinajstić information content (AvgIpc) is 2.65. The predicted octanol–water partition coefficient (Wildman–Crippen LogP) is 2.08. The molecule has 3 atom stereocenters. The van der Waals surface area contributed by atoms with Gasteiger partial charge < -0.3 is 30.5 Å². The number of hydrogen-bond donors (Lipinski definition) is 4. The van der Waals surface area contributed by atoms with Crippen LogP contribution >= 0.6 is 0 Å². The number of phenolic OH excluding ortho intramolecular Hbond substituents is 1. The smallest absolute Gasteiger partial charge is 0.408 e. The van der Waals surface area contributed by atoms with Crippen molar-refractivity contribution >= 4 is 17.9 Å². The molecule has 0 aliphatic rings. The molecule has 1 rings (SSSR count). The van der Waals surface area contributed by atoms with Gasteiger partial charge in [0.15, 0.2) is 0 Å². The maximum atomic E-state index is 13.1. The number of nitrogens with one attached hydrogen (secondary N) is 2. The molecule has 0 aromatic heterocycles. The second kappa shape index (κ2) is 11.5. The first kappa shape index (κ1) is 26.2. The summed E-state index contributed by atoms with van der Waals surface area (Å²) in [5.41, 5.74) is -0.555. The van der Waals surface area contributed by atoms with Crippen molar-refractivity contribution < 1.29 is 29.3 Å². The van der Waals surface area contributed by atoms with Crippen LogP contribution in [-0.4, -0.2) is 64.4 Å². The molecule has 0 saturated heterocycles. The normalized spacial score (nSPS) is 14.2. The van der Waals surface area contributed by atoms with Crippen molar-refractivity contribution in [2.24, 2.45) is 0 Å². The van der Waals surface area contributed by atoms with Crippen LogP contribution in [0.3, 0.4) is 0 Å². The van der Waals surface area contributed by atoms with Crippen LogP contribution in [-0.2, 0) is 14.3 Å². The van der Waals surface area contributed by atoms with Crippen LogP contribution < -0.4 is 10.6 Å². The van der Waals surface area contributed by atoms with Crippen molar-refractivity contribution in [3.05, 3.63) is 29.8 Å². The van der Waals surface area contributed by atoms with Gasteiger partial charge in [-0.25, -0.2) is 4.79 Å². The van der Waals surface area contributed by atoms with Crippen molar-refractivity contribution in [2.45, 2.75) is 71.2 Å². The van der Waals surface area contributed by atoms with Gasteiger partial charge >= 0.3 is 6.09 Å². The molecule has 3 unspecified atom stereocenters. The molecule has 9 nitrogen and oxygen atoms in total. The largest absolute Gasteiger partial charge is 0.508 e. The summed E-state index contributed by atoms with van der Waals surface area (Å²) >= 11 is 0. The van der Waals surface area contributed by atoms with Gasteiger partial charge in [-0.1, -0.05) is 31.5 Å². The number of amides is 3. The van der Waals surface area contributed by atoms with Gasteiger partial charge in [-0.2, -0.15) is 0 Å². The summed E-state index contributed by atoms with van der Waals surface area (Å²) in [7, 11) is 1.38. The summed E-state index contributed by atoms with van der Waals surface area (Å²) < 4.78 is 5.14. The third-order valence-electron chi connectivity index (χ3n) is 4.50. The van der Waals surface area contributed by atoms with Gasteiger partial charge in [0.1, 0.15) is 23.4 Å². The molecule has 0 saturated carbocycles. The molecule has 174 valence electrons. The molecule has 4 N–H and O–H groups in total. The molecule has 0 aliphatic carbocycles. The molecular weight excluding hydrogens is 402 g/mol. The van der Waals surface area contributed by atoms with Gasteiger partial charge in [-0.3, -0.25) is 9.59 Å². The first-order chi connectivity index (χ1) is 14.4. The lowest BCUT2D eigenvalue weighted by atomic mass is 10.0. The number of carbonyl (C=O) groups is 3. The molecular formula is C22H35N3O6. The zero-order valence-corrected chi connectivity index (χ0v) is 19.1. The molecule has 0 radical (unpaired) electrons. The van der Waals surface area contributed by atoms with Crippen LogP contribution in [0.2, 0.25) is 0 Å². The van der Waals surface area contributed by atoms with E-state index in [1.54, 1.807) is 39.0 Å². The summed E-state index contributed by atoms with van der Waals surface area (Å²) in [6.07, 6.45) is 0.744. The summed E-state index contributed by atoms with van der Waals surface area (Å²) in [5, 5.41) is 25.2. The van der Waals surface area contributed by atoms with E-state index in [4.69, 9.17) is 4.74 Å². The zero-order chi connectivity index (χ0) is 23.8. The van der Waals surface area contributed by atoms with Gasteiger partial charge in [0.25, 0.3) is 0 Å². The Morgan fingerprint density at radius 3 is 2.29 bits per heavy atom.